The molecule has 9 heteroatoms. The van der Waals surface area contributed by atoms with Crippen LogP contribution in [0.25, 0.3) is 0 Å². The van der Waals surface area contributed by atoms with Crippen LogP contribution in [0.3, 0.4) is 0 Å². The third-order valence-electron chi connectivity index (χ3n) is 3.36. The maximum atomic E-state index is 12.1. The lowest BCUT2D eigenvalue weighted by atomic mass is 10.1. The van der Waals surface area contributed by atoms with Gasteiger partial charge in [-0.05, 0) is 36.8 Å². The van der Waals surface area contributed by atoms with E-state index in [4.69, 9.17) is 11.6 Å². The Morgan fingerprint density at radius 3 is 2.61 bits per heavy atom. The highest BCUT2D eigenvalue weighted by atomic mass is 35.5. The molecule has 1 aliphatic heterocycles. The molecule has 118 valence electrons. The van der Waals surface area contributed by atoms with Gasteiger partial charge in [0.25, 0.3) is 15.7 Å². The van der Waals surface area contributed by atoms with E-state index in [-0.39, 0.29) is 16.4 Å². The van der Waals surface area contributed by atoms with Crippen molar-refractivity contribution < 1.29 is 13.3 Å². The molecular weight excluding hydrogens is 342 g/mol. The Bertz CT molecular complexity index is 970. The van der Waals surface area contributed by atoms with Crippen LogP contribution in [-0.2, 0) is 10.0 Å². The summed E-state index contributed by atoms with van der Waals surface area (Å²) in [6.07, 6.45) is 0. The van der Waals surface area contributed by atoms with Crippen LogP contribution >= 0.6 is 11.6 Å². The lowest BCUT2D eigenvalue weighted by Gasteiger charge is -2.09. The number of benzene rings is 2. The quantitative estimate of drug-likeness (QED) is 0.661. The average molecular weight is 352 g/mol. The van der Waals surface area contributed by atoms with E-state index < -0.39 is 14.9 Å². The highest BCUT2D eigenvalue weighted by Crippen LogP contribution is 2.31. The van der Waals surface area contributed by atoms with E-state index in [1.807, 2.05) is 6.92 Å². The number of nitrogens with one attached hydrogen (secondary N) is 1. The van der Waals surface area contributed by atoms with Gasteiger partial charge in [-0.25, -0.2) is 0 Å². The van der Waals surface area contributed by atoms with Gasteiger partial charge in [-0.3, -0.25) is 10.1 Å². The number of non-ortho nitro benzene ring substituents is 1. The van der Waals surface area contributed by atoms with Gasteiger partial charge in [-0.2, -0.15) is 8.42 Å². The van der Waals surface area contributed by atoms with Crippen LogP contribution < -0.4 is 5.32 Å². The second-order valence-corrected chi connectivity index (χ2v) is 6.95. The Kier molecular flexibility index (Phi) is 3.57. The van der Waals surface area contributed by atoms with Gasteiger partial charge in [-0.15, -0.1) is 4.40 Å². The summed E-state index contributed by atoms with van der Waals surface area (Å²) < 4.78 is 27.9. The summed E-state index contributed by atoms with van der Waals surface area (Å²) in [4.78, 5) is 9.98. The van der Waals surface area contributed by atoms with Crippen LogP contribution in [-0.4, -0.2) is 19.2 Å². The number of hydrogen-bond acceptors (Lipinski definition) is 5. The Labute approximate surface area is 136 Å². The Balaban J connectivity index is 2.05. The SMILES string of the molecule is Cc1cc(Cl)ccc1NC1=NS(=O)(=O)c2cc([N+](=O)[O-])ccc21. The van der Waals surface area contributed by atoms with Gasteiger partial charge in [0.05, 0.1) is 4.92 Å². The number of sulfonamides is 1. The van der Waals surface area contributed by atoms with Crippen LogP contribution in [0.2, 0.25) is 5.02 Å². The Morgan fingerprint density at radius 2 is 1.96 bits per heavy atom. The van der Waals surface area contributed by atoms with Crippen LogP contribution in [0.5, 0.6) is 0 Å². The van der Waals surface area contributed by atoms with E-state index in [0.29, 0.717) is 16.3 Å². The maximum Gasteiger partial charge on any atom is 0.285 e. The number of halogens is 1. The minimum absolute atomic E-state index is 0.125. The van der Waals surface area contributed by atoms with Crippen molar-refractivity contribution in [1.82, 2.24) is 0 Å². The first-order valence-corrected chi connectivity index (χ1v) is 8.27. The van der Waals surface area contributed by atoms with Gasteiger partial charge >= 0.3 is 0 Å². The molecule has 0 aliphatic carbocycles. The number of nitrogens with zero attached hydrogens (tertiary/aromatic N) is 2. The number of hydrogen-bond donors (Lipinski definition) is 1. The molecule has 0 bridgehead atoms. The molecule has 2 aromatic rings. The summed E-state index contributed by atoms with van der Waals surface area (Å²) in [5.74, 6) is 0.125. The second-order valence-electron chi connectivity index (χ2n) is 4.94. The maximum absolute atomic E-state index is 12.1. The largest absolute Gasteiger partial charge is 0.339 e. The van der Waals surface area contributed by atoms with E-state index in [9.17, 15) is 18.5 Å². The predicted molar refractivity (Wildman–Crippen MR) is 86.6 cm³/mol. The number of nitro groups is 1. The van der Waals surface area contributed by atoms with Crippen LogP contribution in [0, 0.1) is 17.0 Å². The van der Waals surface area contributed by atoms with Crippen molar-refractivity contribution in [3.8, 4) is 0 Å². The molecule has 1 heterocycles. The second kappa shape index (κ2) is 5.32. The van der Waals surface area contributed by atoms with Gasteiger partial charge in [0, 0.05) is 28.4 Å². The van der Waals surface area contributed by atoms with Gasteiger partial charge in [0.2, 0.25) is 0 Å². The number of rotatable bonds is 2. The van der Waals surface area contributed by atoms with Crippen LogP contribution in [0.1, 0.15) is 11.1 Å². The first-order chi connectivity index (χ1) is 10.8. The van der Waals surface area contributed by atoms with Gasteiger partial charge in [-0.1, -0.05) is 11.6 Å². The smallest absolute Gasteiger partial charge is 0.285 e. The zero-order valence-electron chi connectivity index (χ0n) is 11.8. The molecule has 0 amide bonds. The lowest BCUT2D eigenvalue weighted by molar-refractivity contribution is -0.385. The average Bonchev–Trinajstić information content (AvgIpc) is 2.73. The van der Waals surface area contributed by atoms with E-state index in [1.54, 1.807) is 18.2 Å². The zero-order chi connectivity index (χ0) is 16.8. The van der Waals surface area contributed by atoms with E-state index in [0.717, 1.165) is 11.6 Å². The lowest BCUT2D eigenvalue weighted by Crippen LogP contribution is -2.12. The van der Waals surface area contributed by atoms with Crippen molar-refractivity contribution in [3.05, 3.63) is 62.7 Å². The molecule has 0 fully saturated rings. The first kappa shape index (κ1) is 15.4. The molecule has 0 aromatic heterocycles. The fourth-order valence-electron chi connectivity index (χ4n) is 2.24. The third-order valence-corrected chi connectivity index (χ3v) is 4.91. The molecule has 23 heavy (non-hydrogen) atoms. The van der Waals surface area contributed by atoms with Crippen LogP contribution in [0.4, 0.5) is 11.4 Å². The molecule has 0 radical (unpaired) electrons. The van der Waals surface area contributed by atoms with Crippen molar-refractivity contribution in [2.75, 3.05) is 5.32 Å². The summed E-state index contributed by atoms with van der Waals surface area (Å²) in [5, 5.41) is 14.3. The van der Waals surface area contributed by atoms with E-state index >= 15 is 0 Å². The van der Waals surface area contributed by atoms with Gasteiger partial charge in [0.1, 0.15) is 4.90 Å². The number of fused-ring (bicyclic) bond motifs is 1. The minimum atomic E-state index is -3.96. The molecule has 0 saturated carbocycles. The van der Waals surface area contributed by atoms with Crippen LogP contribution in [0.15, 0.2) is 45.7 Å². The third kappa shape index (κ3) is 2.78. The highest BCUT2D eigenvalue weighted by Gasteiger charge is 2.31. The fraction of sp³-hybridized carbons (Fsp3) is 0.0714. The van der Waals surface area contributed by atoms with Crippen molar-refractivity contribution >= 4 is 38.8 Å². The predicted octanol–water partition coefficient (Wildman–Crippen LogP) is 3.12. The monoisotopic (exact) mass is 351 g/mol. The summed E-state index contributed by atoms with van der Waals surface area (Å²) >= 11 is 5.89. The molecule has 0 unspecified atom stereocenters. The zero-order valence-corrected chi connectivity index (χ0v) is 13.4. The number of amidine groups is 1. The Morgan fingerprint density at radius 1 is 1.22 bits per heavy atom. The molecule has 2 aromatic carbocycles. The fourth-order valence-corrected chi connectivity index (χ4v) is 3.66. The minimum Gasteiger partial charge on any atom is -0.339 e. The number of anilines is 1. The molecule has 3 rings (SSSR count). The molecule has 0 spiro atoms. The Hall–Kier alpha value is -2.45. The standard InChI is InChI=1S/C14H10ClN3O4S/c1-8-6-9(15)2-5-12(8)16-14-11-4-3-10(18(19)20)7-13(11)23(21,22)17-14/h2-7H,1H3,(H,16,17). The van der Waals surface area contributed by atoms with E-state index in [1.165, 1.54) is 12.1 Å². The molecule has 1 aliphatic rings. The normalized spacial score (nSPS) is 15.0. The summed E-state index contributed by atoms with van der Waals surface area (Å²) in [5.41, 5.74) is 1.46. The van der Waals surface area contributed by atoms with Gasteiger partial charge in [0.15, 0.2) is 5.84 Å². The number of nitro benzene ring substituents is 1. The van der Waals surface area contributed by atoms with E-state index in [2.05, 4.69) is 9.71 Å². The van der Waals surface area contributed by atoms with Crippen molar-refractivity contribution in [2.45, 2.75) is 11.8 Å². The summed E-state index contributed by atoms with van der Waals surface area (Å²) in [6.45, 7) is 1.81. The topological polar surface area (TPSA) is 102 Å². The van der Waals surface area contributed by atoms with Crippen molar-refractivity contribution in [3.63, 3.8) is 0 Å². The first-order valence-electron chi connectivity index (χ1n) is 6.45. The molecule has 0 atom stereocenters. The molecule has 1 N–H and O–H groups in total. The molecular formula is C14H10ClN3O4S. The molecule has 0 saturated heterocycles. The van der Waals surface area contributed by atoms with Gasteiger partial charge < -0.3 is 5.32 Å². The summed E-state index contributed by atoms with van der Waals surface area (Å²) in [6, 6.07) is 8.72. The van der Waals surface area contributed by atoms with Crippen molar-refractivity contribution in [1.29, 1.82) is 0 Å². The van der Waals surface area contributed by atoms with Crippen molar-refractivity contribution in [2.24, 2.45) is 4.40 Å². The summed E-state index contributed by atoms with van der Waals surface area (Å²) in [7, 11) is -3.96. The molecule has 7 nitrogen and oxygen atoms in total. The highest BCUT2D eigenvalue weighted by molar-refractivity contribution is 7.90. The number of aryl methyl sites for hydroxylation is 1.